The van der Waals surface area contributed by atoms with E-state index in [1.165, 1.54) is 0 Å². The molecule has 0 saturated heterocycles. The van der Waals surface area contributed by atoms with Crippen LogP contribution in [0.15, 0.2) is 48.5 Å². The van der Waals surface area contributed by atoms with E-state index in [1.54, 1.807) is 0 Å². The summed E-state index contributed by atoms with van der Waals surface area (Å²) in [5.74, 6) is 1.50. The van der Waals surface area contributed by atoms with Gasteiger partial charge in [0, 0.05) is 11.1 Å². The molecule has 5 heteroatoms. The van der Waals surface area contributed by atoms with E-state index in [4.69, 9.17) is 9.47 Å². The van der Waals surface area contributed by atoms with Crippen molar-refractivity contribution in [3.8, 4) is 34.0 Å². The average Bonchev–Trinajstić information content (AvgIpc) is 3.16. The topological polar surface area (TPSA) is 60.0 Å². The molecule has 0 aliphatic carbocycles. The highest BCUT2D eigenvalue weighted by Gasteiger charge is 2.17. The average molecular weight is 265 g/mol. The van der Waals surface area contributed by atoms with Crippen molar-refractivity contribution < 1.29 is 9.47 Å². The smallest absolute Gasteiger partial charge is 0.231 e. The molecule has 0 saturated carbocycles. The van der Waals surface area contributed by atoms with Crippen molar-refractivity contribution in [2.24, 2.45) is 0 Å². The Morgan fingerprint density at radius 3 is 2.40 bits per heavy atom. The molecule has 1 aliphatic heterocycles. The number of aromatic amines is 1. The molecule has 0 bridgehead atoms. The van der Waals surface area contributed by atoms with E-state index in [9.17, 15) is 0 Å². The molecule has 98 valence electrons. The first-order chi connectivity index (χ1) is 9.92. The lowest BCUT2D eigenvalue weighted by atomic mass is 10.0. The summed E-state index contributed by atoms with van der Waals surface area (Å²) in [6.45, 7) is 0.267. The van der Waals surface area contributed by atoms with Crippen LogP contribution in [0.2, 0.25) is 0 Å². The molecule has 2 aromatic carbocycles. The van der Waals surface area contributed by atoms with Crippen molar-refractivity contribution in [3.05, 3.63) is 48.5 Å². The van der Waals surface area contributed by atoms with Gasteiger partial charge in [-0.1, -0.05) is 30.3 Å². The standard InChI is InChI=1S/C15H11N3O2/c1-2-4-10(5-3-1)14-15(17-18-16-14)11-6-7-12-13(8-11)20-9-19-12/h1-8H,9H2,(H,16,17,18). The third-order valence-electron chi connectivity index (χ3n) is 3.24. The molecule has 0 unspecified atom stereocenters. The van der Waals surface area contributed by atoms with Gasteiger partial charge in [-0.25, -0.2) is 0 Å². The van der Waals surface area contributed by atoms with Crippen LogP contribution in [0.5, 0.6) is 11.5 Å². The Morgan fingerprint density at radius 2 is 1.55 bits per heavy atom. The number of ether oxygens (including phenoxy) is 2. The summed E-state index contributed by atoms with van der Waals surface area (Å²) in [6, 6.07) is 15.7. The maximum Gasteiger partial charge on any atom is 0.231 e. The van der Waals surface area contributed by atoms with E-state index in [2.05, 4.69) is 15.4 Å². The van der Waals surface area contributed by atoms with E-state index in [0.29, 0.717) is 0 Å². The monoisotopic (exact) mass is 265 g/mol. The van der Waals surface area contributed by atoms with Crippen molar-refractivity contribution in [2.45, 2.75) is 0 Å². The zero-order valence-electron chi connectivity index (χ0n) is 10.5. The number of hydrogen-bond acceptors (Lipinski definition) is 4. The first kappa shape index (κ1) is 11.0. The lowest BCUT2D eigenvalue weighted by Gasteiger charge is -2.02. The van der Waals surface area contributed by atoms with Gasteiger partial charge in [0.1, 0.15) is 11.4 Å². The summed E-state index contributed by atoms with van der Waals surface area (Å²) >= 11 is 0. The van der Waals surface area contributed by atoms with E-state index >= 15 is 0 Å². The highest BCUT2D eigenvalue weighted by Crippen LogP contribution is 2.37. The van der Waals surface area contributed by atoms with Crippen molar-refractivity contribution in [1.82, 2.24) is 15.4 Å². The second-order valence-electron chi connectivity index (χ2n) is 4.45. The minimum atomic E-state index is 0.267. The van der Waals surface area contributed by atoms with Crippen molar-refractivity contribution in [3.63, 3.8) is 0 Å². The van der Waals surface area contributed by atoms with Gasteiger partial charge in [0.15, 0.2) is 11.5 Å². The number of fused-ring (bicyclic) bond motifs is 1. The molecule has 1 aromatic heterocycles. The fourth-order valence-corrected chi connectivity index (χ4v) is 2.27. The number of nitrogens with one attached hydrogen (secondary N) is 1. The van der Waals surface area contributed by atoms with Crippen molar-refractivity contribution in [2.75, 3.05) is 6.79 Å². The highest BCUT2D eigenvalue weighted by atomic mass is 16.7. The Morgan fingerprint density at radius 1 is 0.800 bits per heavy atom. The number of H-pyrrole nitrogens is 1. The molecule has 1 aliphatic rings. The van der Waals surface area contributed by atoms with Crippen LogP contribution < -0.4 is 9.47 Å². The normalized spacial score (nSPS) is 12.6. The van der Waals surface area contributed by atoms with Gasteiger partial charge in [-0.05, 0) is 18.2 Å². The van der Waals surface area contributed by atoms with Crippen LogP contribution in [0.25, 0.3) is 22.5 Å². The Hall–Kier alpha value is -2.82. The van der Waals surface area contributed by atoms with Gasteiger partial charge >= 0.3 is 0 Å². The second-order valence-corrected chi connectivity index (χ2v) is 4.45. The van der Waals surface area contributed by atoms with Crippen LogP contribution in [0.3, 0.4) is 0 Å². The SMILES string of the molecule is c1ccc(-c2n[nH]nc2-c2ccc3c(c2)OCO3)cc1. The number of benzene rings is 2. The quantitative estimate of drug-likeness (QED) is 0.774. The van der Waals surface area contributed by atoms with Gasteiger partial charge in [0.05, 0.1) is 0 Å². The summed E-state index contributed by atoms with van der Waals surface area (Å²) < 4.78 is 10.7. The van der Waals surface area contributed by atoms with Gasteiger partial charge in [-0.3, -0.25) is 0 Å². The van der Waals surface area contributed by atoms with E-state index < -0.39 is 0 Å². The fraction of sp³-hybridized carbons (Fsp3) is 0.0667. The molecule has 4 rings (SSSR count). The Kier molecular flexibility index (Phi) is 2.42. The minimum absolute atomic E-state index is 0.267. The molecule has 1 N–H and O–H groups in total. The number of nitrogens with zero attached hydrogens (tertiary/aromatic N) is 2. The number of aromatic nitrogens is 3. The van der Waals surface area contributed by atoms with Crippen LogP contribution in [0.1, 0.15) is 0 Å². The van der Waals surface area contributed by atoms with Gasteiger partial charge in [0.25, 0.3) is 0 Å². The molecular weight excluding hydrogens is 254 g/mol. The third kappa shape index (κ3) is 1.72. The Labute approximate surface area is 115 Å². The second kappa shape index (κ2) is 4.38. The Balaban J connectivity index is 1.82. The molecular formula is C15H11N3O2. The zero-order chi connectivity index (χ0) is 13.4. The molecule has 0 spiro atoms. The van der Waals surface area contributed by atoms with Gasteiger partial charge in [0.2, 0.25) is 6.79 Å². The minimum Gasteiger partial charge on any atom is -0.454 e. The van der Waals surface area contributed by atoms with Gasteiger partial charge in [-0.15, -0.1) is 0 Å². The Bertz CT molecular complexity index is 753. The molecule has 0 amide bonds. The van der Waals surface area contributed by atoms with Crippen LogP contribution in [-0.2, 0) is 0 Å². The van der Waals surface area contributed by atoms with Crippen LogP contribution in [0.4, 0.5) is 0 Å². The summed E-state index contributed by atoms with van der Waals surface area (Å²) in [4.78, 5) is 0. The maximum absolute atomic E-state index is 5.40. The summed E-state index contributed by atoms with van der Waals surface area (Å²) in [5.41, 5.74) is 3.59. The van der Waals surface area contributed by atoms with E-state index in [1.807, 2.05) is 48.5 Å². The summed E-state index contributed by atoms with van der Waals surface area (Å²) in [6.07, 6.45) is 0. The first-order valence-electron chi connectivity index (χ1n) is 6.28. The van der Waals surface area contributed by atoms with Crippen molar-refractivity contribution >= 4 is 0 Å². The van der Waals surface area contributed by atoms with Gasteiger partial charge in [-0.2, -0.15) is 15.4 Å². The summed E-state index contributed by atoms with van der Waals surface area (Å²) in [7, 11) is 0. The van der Waals surface area contributed by atoms with Gasteiger partial charge < -0.3 is 9.47 Å². The van der Waals surface area contributed by atoms with E-state index in [0.717, 1.165) is 34.0 Å². The fourth-order valence-electron chi connectivity index (χ4n) is 2.27. The lowest BCUT2D eigenvalue weighted by molar-refractivity contribution is 0.174. The zero-order valence-corrected chi connectivity index (χ0v) is 10.5. The largest absolute Gasteiger partial charge is 0.454 e. The molecule has 0 fully saturated rings. The molecule has 2 heterocycles. The molecule has 3 aromatic rings. The first-order valence-corrected chi connectivity index (χ1v) is 6.28. The van der Waals surface area contributed by atoms with Crippen molar-refractivity contribution in [1.29, 1.82) is 0 Å². The van der Waals surface area contributed by atoms with Crippen LogP contribution >= 0.6 is 0 Å². The van der Waals surface area contributed by atoms with Crippen LogP contribution in [-0.4, -0.2) is 22.2 Å². The third-order valence-corrected chi connectivity index (χ3v) is 3.24. The number of hydrogen-bond donors (Lipinski definition) is 1. The lowest BCUT2D eigenvalue weighted by Crippen LogP contribution is -1.92. The molecule has 0 radical (unpaired) electrons. The van der Waals surface area contributed by atoms with Crippen LogP contribution in [0, 0.1) is 0 Å². The molecule has 5 nitrogen and oxygen atoms in total. The summed E-state index contributed by atoms with van der Waals surface area (Å²) in [5, 5.41) is 11.2. The molecule has 20 heavy (non-hydrogen) atoms. The number of rotatable bonds is 2. The highest BCUT2D eigenvalue weighted by molar-refractivity contribution is 5.78. The molecule has 0 atom stereocenters. The predicted octanol–water partition coefficient (Wildman–Crippen LogP) is 2.87. The maximum atomic E-state index is 5.40. The predicted molar refractivity (Wildman–Crippen MR) is 73.4 cm³/mol. The van der Waals surface area contributed by atoms with E-state index in [-0.39, 0.29) is 6.79 Å².